The average molecular weight is 276 g/mol. The number of benzene rings is 1. The SMILES string of the molecule is CCOC(=O)CC=Cc1ccc(C(F)(F)F)c(F)c1. The Labute approximate surface area is 107 Å². The van der Waals surface area contributed by atoms with Crippen molar-refractivity contribution >= 4 is 12.0 Å². The van der Waals surface area contributed by atoms with Crippen molar-refractivity contribution in [2.24, 2.45) is 0 Å². The van der Waals surface area contributed by atoms with Gasteiger partial charge in [0.1, 0.15) is 5.82 Å². The molecule has 0 radical (unpaired) electrons. The fourth-order valence-corrected chi connectivity index (χ4v) is 1.38. The topological polar surface area (TPSA) is 26.3 Å². The highest BCUT2D eigenvalue weighted by atomic mass is 19.4. The number of hydrogen-bond donors (Lipinski definition) is 0. The Bertz CT molecular complexity index is 478. The van der Waals surface area contributed by atoms with Crippen LogP contribution in [0.4, 0.5) is 17.6 Å². The quantitative estimate of drug-likeness (QED) is 0.617. The first-order valence-corrected chi connectivity index (χ1v) is 5.53. The molecular formula is C13H12F4O2. The van der Waals surface area contributed by atoms with Gasteiger partial charge in [-0.1, -0.05) is 18.2 Å². The molecule has 2 nitrogen and oxygen atoms in total. The van der Waals surface area contributed by atoms with Crippen LogP contribution in [0.25, 0.3) is 6.08 Å². The summed E-state index contributed by atoms with van der Waals surface area (Å²) < 4.78 is 54.8. The fraction of sp³-hybridized carbons (Fsp3) is 0.308. The van der Waals surface area contributed by atoms with Crippen LogP contribution in [0.1, 0.15) is 24.5 Å². The molecule has 0 aliphatic carbocycles. The fourth-order valence-electron chi connectivity index (χ4n) is 1.38. The molecule has 6 heteroatoms. The molecule has 104 valence electrons. The number of carbonyl (C=O) groups excluding carboxylic acids is 1. The molecular weight excluding hydrogens is 264 g/mol. The van der Waals surface area contributed by atoms with Gasteiger partial charge in [-0.3, -0.25) is 4.79 Å². The average Bonchev–Trinajstić information content (AvgIpc) is 2.27. The molecule has 0 N–H and O–H groups in total. The third-order valence-electron chi connectivity index (χ3n) is 2.20. The second kappa shape index (κ2) is 6.36. The van der Waals surface area contributed by atoms with E-state index < -0.39 is 23.5 Å². The van der Waals surface area contributed by atoms with E-state index >= 15 is 0 Å². The number of hydrogen-bond acceptors (Lipinski definition) is 2. The Morgan fingerprint density at radius 3 is 2.58 bits per heavy atom. The van der Waals surface area contributed by atoms with E-state index in [1.165, 1.54) is 12.2 Å². The normalized spacial score (nSPS) is 11.8. The first-order chi connectivity index (χ1) is 8.84. The number of halogens is 4. The van der Waals surface area contributed by atoms with Crippen molar-refractivity contribution in [3.63, 3.8) is 0 Å². The van der Waals surface area contributed by atoms with Crippen LogP contribution >= 0.6 is 0 Å². The standard InChI is InChI=1S/C13H12F4O2/c1-2-19-12(18)5-3-4-9-6-7-10(11(14)8-9)13(15,16)17/h3-4,6-8H,2,5H2,1H3. The summed E-state index contributed by atoms with van der Waals surface area (Å²) in [4.78, 5) is 11.0. The van der Waals surface area contributed by atoms with Crippen molar-refractivity contribution in [1.82, 2.24) is 0 Å². The molecule has 0 bridgehead atoms. The Kier molecular flexibility index (Phi) is 5.09. The van der Waals surface area contributed by atoms with E-state index in [0.29, 0.717) is 6.07 Å². The number of carbonyl (C=O) groups is 1. The van der Waals surface area contributed by atoms with Crippen LogP contribution in [0.15, 0.2) is 24.3 Å². The van der Waals surface area contributed by atoms with Crippen molar-refractivity contribution in [2.45, 2.75) is 19.5 Å². The third kappa shape index (κ3) is 4.73. The molecule has 0 aliphatic heterocycles. The molecule has 0 unspecified atom stereocenters. The monoisotopic (exact) mass is 276 g/mol. The van der Waals surface area contributed by atoms with Gasteiger partial charge in [0, 0.05) is 0 Å². The maximum Gasteiger partial charge on any atom is 0.419 e. The zero-order valence-electron chi connectivity index (χ0n) is 10.1. The number of esters is 1. The van der Waals surface area contributed by atoms with E-state index in [4.69, 9.17) is 0 Å². The Morgan fingerprint density at radius 2 is 2.05 bits per heavy atom. The molecule has 0 atom stereocenters. The first kappa shape index (κ1) is 15.2. The summed E-state index contributed by atoms with van der Waals surface area (Å²) in [5, 5.41) is 0. The predicted octanol–water partition coefficient (Wildman–Crippen LogP) is 3.81. The lowest BCUT2D eigenvalue weighted by Crippen LogP contribution is -2.07. The molecule has 1 aromatic rings. The van der Waals surface area contributed by atoms with Gasteiger partial charge in [0.2, 0.25) is 0 Å². The molecule has 0 spiro atoms. The van der Waals surface area contributed by atoms with E-state index in [9.17, 15) is 22.4 Å². The number of alkyl halides is 3. The minimum atomic E-state index is -4.71. The summed E-state index contributed by atoms with van der Waals surface area (Å²) in [7, 11) is 0. The van der Waals surface area contributed by atoms with Crippen molar-refractivity contribution in [1.29, 1.82) is 0 Å². The highest BCUT2D eigenvalue weighted by molar-refractivity contribution is 5.72. The minimum Gasteiger partial charge on any atom is -0.466 e. The van der Waals surface area contributed by atoms with Gasteiger partial charge in [0.15, 0.2) is 0 Å². The molecule has 19 heavy (non-hydrogen) atoms. The van der Waals surface area contributed by atoms with Crippen LogP contribution < -0.4 is 0 Å². The Hall–Kier alpha value is -1.85. The number of rotatable bonds is 4. The maximum atomic E-state index is 13.2. The van der Waals surface area contributed by atoms with E-state index in [-0.39, 0.29) is 18.6 Å². The zero-order valence-corrected chi connectivity index (χ0v) is 10.1. The van der Waals surface area contributed by atoms with Gasteiger partial charge in [-0.25, -0.2) is 4.39 Å². The molecule has 0 fully saturated rings. The van der Waals surface area contributed by atoms with Crippen molar-refractivity contribution in [2.75, 3.05) is 6.61 Å². The largest absolute Gasteiger partial charge is 0.466 e. The van der Waals surface area contributed by atoms with E-state index in [1.807, 2.05) is 0 Å². The van der Waals surface area contributed by atoms with Gasteiger partial charge in [-0.05, 0) is 24.6 Å². The van der Waals surface area contributed by atoms with E-state index in [0.717, 1.165) is 12.1 Å². The summed E-state index contributed by atoms with van der Waals surface area (Å²) >= 11 is 0. The van der Waals surface area contributed by atoms with E-state index in [1.54, 1.807) is 6.92 Å². The zero-order chi connectivity index (χ0) is 14.5. The van der Waals surface area contributed by atoms with Gasteiger partial charge in [0.05, 0.1) is 18.6 Å². The summed E-state index contributed by atoms with van der Waals surface area (Å²) in [5.74, 6) is -1.79. The van der Waals surface area contributed by atoms with Crippen molar-refractivity contribution in [3.8, 4) is 0 Å². The maximum absolute atomic E-state index is 13.2. The highest BCUT2D eigenvalue weighted by Crippen LogP contribution is 2.31. The molecule has 0 saturated heterocycles. The number of ether oxygens (including phenoxy) is 1. The molecule has 1 aromatic carbocycles. The lowest BCUT2D eigenvalue weighted by atomic mass is 10.1. The molecule has 0 amide bonds. The second-order valence-corrected chi connectivity index (χ2v) is 3.65. The summed E-state index contributed by atoms with van der Waals surface area (Å²) in [5.41, 5.74) is -1.06. The van der Waals surface area contributed by atoms with Crippen LogP contribution in [-0.4, -0.2) is 12.6 Å². The van der Waals surface area contributed by atoms with Gasteiger partial charge in [-0.2, -0.15) is 13.2 Å². The smallest absolute Gasteiger partial charge is 0.419 e. The minimum absolute atomic E-state index is 0.0174. The van der Waals surface area contributed by atoms with Crippen molar-refractivity contribution in [3.05, 3.63) is 41.2 Å². The second-order valence-electron chi connectivity index (χ2n) is 3.65. The molecule has 1 rings (SSSR count). The van der Waals surface area contributed by atoms with Crippen LogP contribution in [-0.2, 0) is 15.7 Å². The first-order valence-electron chi connectivity index (χ1n) is 5.53. The summed E-state index contributed by atoms with van der Waals surface area (Å²) in [6, 6.07) is 2.57. The summed E-state index contributed by atoms with van der Waals surface area (Å²) in [6.07, 6.45) is -1.96. The third-order valence-corrected chi connectivity index (χ3v) is 2.20. The molecule has 0 aliphatic rings. The van der Waals surface area contributed by atoms with Crippen LogP contribution in [0.3, 0.4) is 0 Å². The van der Waals surface area contributed by atoms with Crippen LogP contribution in [0.2, 0.25) is 0 Å². The Balaban J connectivity index is 2.74. The van der Waals surface area contributed by atoms with Crippen LogP contribution in [0.5, 0.6) is 0 Å². The Morgan fingerprint density at radius 1 is 1.37 bits per heavy atom. The highest BCUT2D eigenvalue weighted by Gasteiger charge is 2.33. The summed E-state index contributed by atoms with van der Waals surface area (Å²) in [6.45, 7) is 1.91. The molecule has 0 heterocycles. The predicted molar refractivity (Wildman–Crippen MR) is 61.7 cm³/mol. The van der Waals surface area contributed by atoms with E-state index in [2.05, 4.69) is 4.74 Å². The lowest BCUT2D eigenvalue weighted by Gasteiger charge is -2.07. The van der Waals surface area contributed by atoms with Gasteiger partial charge in [0.25, 0.3) is 0 Å². The van der Waals surface area contributed by atoms with Crippen LogP contribution in [0, 0.1) is 5.82 Å². The van der Waals surface area contributed by atoms with Gasteiger partial charge >= 0.3 is 12.1 Å². The molecule has 0 saturated carbocycles. The molecule has 0 aromatic heterocycles. The lowest BCUT2D eigenvalue weighted by molar-refractivity contribution is -0.142. The van der Waals surface area contributed by atoms with Crippen molar-refractivity contribution < 1.29 is 27.1 Å². The van der Waals surface area contributed by atoms with Gasteiger partial charge in [-0.15, -0.1) is 0 Å². The van der Waals surface area contributed by atoms with Gasteiger partial charge < -0.3 is 4.74 Å².